The molecule has 0 N–H and O–H groups in total. The van der Waals surface area contributed by atoms with Crippen molar-refractivity contribution in [2.45, 2.75) is 110 Å². The van der Waals surface area contributed by atoms with Crippen LogP contribution in [0.1, 0.15) is 110 Å². The molecule has 0 aromatic rings. The Morgan fingerprint density at radius 3 is 1.44 bits per heavy atom. The zero-order chi connectivity index (χ0) is 17.7. The highest BCUT2D eigenvalue weighted by atomic mass is 14.3. The molecule has 0 amide bonds. The first-order valence-electron chi connectivity index (χ1n) is 11.5. The molecular formula is C25H44. The van der Waals surface area contributed by atoms with E-state index >= 15 is 0 Å². The van der Waals surface area contributed by atoms with Crippen LogP contribution in [0.25, 0.3) is 0 Å². The number of unbranched alkanes of at least 4 members (excludes halogenated alkanes) is 1. The lowest BCUT2D eigenvalue weighted by atomic mass is 9.76. The molecule has 0 aliphatic heterocycles. The van der Waals surface area contributed by atoms with Crippen LogP contribution in [0.3, 0.4) is 0 Å². The van der Waals surface area contributed by atoms with Crippen LogP contribution >= 0.6 is 0 Å². The molecule has 0 spiro atoms. The highest BCUT2D eigenvalue weighted by molar-refractivity contribution is 4.80. The van der Waals surface area contributed by atoms with E-state index in [0.29, 0.717) is 0 Å². The van der Waals surface area contributed by atoms with E-state index in [1.165, 1.54) is 103 Å². The normalized spacial score (nSPS) is 30.6. The molecule has 0 heteroatoms. The molecule has 0 atom stereocenters. The van der Waals surface area contributed by atoms with E-state index in [9.17, 15) is 0 Å². The predicted octanol–water partition coefficient (Wildman–Crippen LogP) is 8.48. The van der Waals surface area contributed by atoms with E-state index in [2.05, 4.69) is 31.7 Å². The monoisotopic (exact) mass is 344 g/mol. The SMILES string of the molecule is C=CCCC1CCC(CCCC[C@H]2CC[C@H](CC/C=C/C)CC2)CC1. The summed E-state index contributed by atoms with van der Waals surface area (Å²) in [6, 6.07) is 0. The Kier molecular flexibility index (Phi) is 10.6. The lowest BCUT2D eigenvalue weighted by Crippen LogP contribution is -2.15. The highest BCUT2D eigenvalue weighted by Gasteiger charge is 2.22. The van der Waals surface area contributed by atoms with Crippen LogP contribution in [-0.2, 0) is 0 Å². The van der Waals surface area contributed by atoms with E-state index in [1.807, 2.05) is 0 Å². The summed E-state index contributed by atoms with van der Waals surface area (Å²) < 4.78 is 0. The summed E-state index contributed by atoms with van der Waals surface area (Å²) in [7, 11) is 0. The predicted molar refractivity (Wildman–Crippen MR) is 113 cm³/mol. The summed E-state index contributed by atoms with van der Waals surface area (Å²) in [4.78, 5) is 0. The van der Waals surface area contributed by atoms with Gasteiger partial charge in [0.1, 0.15) is 0 Å². The molecule has 25 heavy (non-hydrogen) atoms. The summed E-state index contributed by atoms with van der Waals surface area (Å²) in [5.74, 6) is 4.16. The molecular weight excluding hydrogens is 300 g/mol. The summed E-state index contributed by atoms with van der Waals surface area (Å²) >= 11 is 0. The smallest absolute Gasteiger partial charge is 0.0348 e. The van der Waals surface area contributed by atoms with Gasteiger partial charge in [0.25, 0.3) is 0 Å². The van der Waals surface area contributed by atoms with Crippen molar-refractivity contribution >= 4 is 0 Å². The fourth-order valence-electron chi connectivity index (χ4n) is 5.34. The Hall–Kier alpha value is -0.520. The second-order valence-corrected chi connectivity index (χ2v) is 9.07. The van der Waals surface area contributed by atoms with E-state index < -0.39 is 0 Å². The molecule has 0 unspecified atom stereocenters. The van der Waals surface area contributed by atoms with Crippen LogP contribution < -0.4 is 0 Å². The van der Waals surface area contributed by atoms with Crippen molar-refractivity contribution in [3.63, 3.8) is 0 Å². The van der Waals surface area contributed by atoms with Crippen molar-refractivity contribution in [1.29, 1.82) is 0 Å². The van der Waals surface area contributed by atoms with Crippen LogP contribution in [0.4, 0.5) is 0 Å². The first-order chi connectivity index (χ1) is 12.3. The number of hydrogen-bond acceptors (Lipinski definition) is 0. The van der Waals surface area contributed by atoms with Crippen molar-refractivity contribution in [3.8, 4) is 0 Å². The Labute approximate surface area is 158 Å². The first kappa shape index (κ1) is 20.8. The lowest BCUT2D eigenvalue weighted by molar-refractivity contribution is 0.234. The molecule has 0 aromatic heterocycles. The number of hydrogen-bond donors (Lipinski definition) is 0. The maximum atomic E-state index is 3.87. The van der Waals surface area contributed by atoms with Crippen molar-refractivity contribution in [1.82, 2.24) is 0 Å². The van der Waals surface area contributed by atoms with E-state index in [-0.39, 0.29) is 0 Å². The van der Waals surface area contributed by atoms with Crippen LogP contribution in [0.2, 0.25) is 0 Å². The zero-order valence-corrected chi connectivity index (χ0v) is 17.1. The Morgan fingerprint density at radius 1 is 0.640 bits per heavy atom. The van der Waals surface area contributed by atoms with Gasteiger partial charge in [0.2, 0.25) is 0 Å². The Bertz CT molecular complexity index is 350. The third-order valence-corrected chi connectivity index (χ3v) is 7.16. The van der Waals surface area contributed by atoms with Gasteiger partial charge in [-0.05, 0) is 56.3 Å². The van der Waals surface area contributed by atoms with E-state index in [4.69, 9.17) is 0 Å². The molecule has 0 bridgehead atoms. The van der Waals surface area contributed by atoms with Gasteiger partial charge in [0, 0.05) is 0 Å². The van der Waals surface area contributed by atoms with Gasteiger partial charge in [-0.2, -0.15) is 0 Å². The molecule has 0 heterocycles. The van der Waals surface area contributed by atoms with Crippen LogP contribution in [0, 0.1) is 23.7 Å². The van der Waals surface area contributed by atoms with Gasteiger partial charge in [0.05, 0.1) is 0 Å². The molecule has 0 saturated heterocycles. The Morgan fingerprint density at radius 2 is 1.04 bits per heavy atom. The van der Waals surface area contributed by atoms with E-state index in [0.717, 1.165) is 23.7 Å². The van der Waals surface area contributed by atoms with Gasteiger partial charge in [-0.3, -0.25) is 0 Å². The van der Waals surface area contributed by atoms with Crippen LogP contribution in [0.5, 0.6) is 0 Å². The van der Waals surface area contributed by atoms with Crippen molar-refractivity contribution < 1.29 is 0 Å². The third-order valence-electron chi connectivity index (χ3n) is 7.16. The zero-order valence-electron chi connectivity index (χ0n) is 17.1. The summed E-state index contributed by atoms with van der Waals surface area (Å²) in [6.45, 7) is 6.01. The van der Waals surface area contributed by atoms with E-state index in [1.54, 1.807) is 0 Å². The molecule has 2 fully saturated rings. The molecule has 0 aromatic carbocycles. The first-order valence-corrected chi connectivity index (χ1v) is 11.5. The highest BCUT2D eigenvalue weighted by Crippen LogP contribution is 2.36. The Balaban J connectivity index is 1.45. The van der Waals surface area contributed by atoms with Crippen molar-refractivity contribution in [3.05, 3.63) is 24.8 Å². The molecule has 2 aliphatic rings. The van der Waals surface area contributed by atoms with Gasteiger partial charge >= 0.3 is 0 Å². The quantitative estimate of drug-likeness (QED) is 0.260. The number of allylic oxidation sites excluding steroid dienone is 3. The second kappa shape index (κ2) is 12.8. The van der Waals surface area contributed by atoms with Gasteiger partial charge in [-0.25, -0.2) is 0 Å². The van der Waals surface area contributed by atoms with Gasteiger partial charge in [-0.1, -0.05) is 95.3 Å². The average molecular weight is 345 g/mol. The maximum absolute atomic E-state index is 3.87. The fourth-order valence-corrected chi connectivity index (χ4v) is 5.34. The lowest BCUT2D eigenvalue weighted by Gasteiger charge is -2.29. The summed E-state index contributed by atoms with van der Waals surface area (Å²) in [6.07, 6.45) is 30.2. The number of rotatable bonds is 11. The minimum absolute atomic E-state index is 1.01. The largest absolute Gasteiger partial charge is 0.103 e. The molecule has 0 nitrogen and oxygen atoms in total. The van der Waals surface area contributed by atoms with Crippen molar-refractivity contribution in [2.24, 2.45) is 23.7 Å². The van der Waals surface area contributed by atoms with Gasteiger partial charge in [-0.15, -0.1) is 6.58 Å². The minimum Gasteiger partial charge on any atom is -0.103 e. The maximum Gasteiger partial charge on any atom is -0.0348 e. The molecule has 144 valence electrons. The fraction of sp³-hybridized carbons (Fsp3) is 0.840. The average Bonchev–Trinajstić information content (AvgIpc) is 2.66. The minimum atomic E-state index is 1.01. The topological polar surface area (TPSA) is 0 Å². The van der Waals surface area contributed by atoms with Gasteiger partial charge < -0.3 is 0 Å². The van der Waals surface area contributed by atoms with Crippen molar-refractivity contribution in [2.75, 3.05) is 0 Å². The second-order valence-electron chi connectivity index (χ2n) is 9.07. The molecule has 2 rings (SSSR count). The van der Waals surface area contributed by atoms with Crippen LogP contribution in [-0.4, -0.2) is 0 Å². The van der Waals surface area contributed by atoms with Gasteiger partial charge in [0.15, 0.2) is 0 Å². The third kappa shape index (κ3) is 8.61. The standard InChI is InChI=1S/C25H44/c1-3-5-7-11-23-18-20-25(21-19-23)13-9-8-12-24-16-14-22(15-17-24)10-6-4-2/h3-5,22-25H,2,6-21H2,1H3/b5-3+/t22?,23-,24?,25-. The molecule has 2 aliphatic carbocycles. The summed E-state index contributed by atoms with van der Waals surface area (Å²) in [5, 5.41) is 0. The van der Waals surface area contributed by atoms with Crippen LogP contribution in [0.15, 0.2) is 24.8 Å². The summed E-state index contributed by atoms with van der Waals surface area (Å²) in [5.41, 5.74) is 0. The molecule has 0 radical (unpaired) electrons. The molecule has 2 saturated carbocycles.